The number of rotatable bonds is 3. The van der Waals surface area contributed by atoms with Crippen LogP contribution >= 0.6 is 0 Å². The van der Waals surface area contributed by atoms with Gasteiger partial charge in [0.15, 0.2) is 12.0 Å². The number of hydrogen-bond acceptors (Lipinski definition) is 2. The molecule has 0 amide bonds. The third-order valence-corrected chi connectivity index (χ3v) is 1.75. The summed E-state index contributed by atoms with van der Waals surface area (Å²) in [4.78, 5) is 10.4. The van der Waals surface area contributed by atoms with Gasteiger partial charge < -0.3 is 4.42 Å². The highest BCUT2D eigenvalue weighted by Gasteiger charge is 2.07. The molecule has 1 aromatic heterocycles. The smallest absolute Gasteiger partial charge is 0.185 e. The number of carbonyl (C=O) groups excluding carboxylic acids is 1. The van der Waals surface area contributed by atoms with Gasteiger partial charge in [0.25, 0.3) is 0 Å². The zero-order valence-electron chi connectivity index (χ0n) is 7.76. The molecule has 0 bridgehead atoms. The van der Waals surface area contributed by atoms with E-state index in [1.54, 1.807) is 6.07 Å². The van der Waals surface area contributed by atoms with Gasteiger partial charge in [-0.05, 0) is 24.5 Å². The highest BCUT2D eigenvalue weighted by Crippen LogP contribution is 2.16. The Hall–Kier alpha value is -1.05. The largest absolute Gasteiger partial charge is 0.458 e. The van der Waals surface area contributed by atoms with Gasteiger partial charge in [0, 0.05) is 6.42 Å². The molecule has 0 spiro atoms. The van der Waals surface area contributed by atoms with Crippen LogP contribution in [0.25, 0.3) is 0 Å². The molecule has 0 atom stereocenters. The molecule has 0 aromatic carbocycles. The van der Waals surface area contributed by atoms with Crippen LogP contribution in [0.5, 0.6) is 0 Å². The van der Waals surface area contributed by atoms with Crippen molar-refractivity contribution in [1.82, 2.24) is 0 Å². The summed E-state index contributed by atoms with van der Waals surface area (Å²) < 4.78 is 5.31. The van der Waals surface area contributed by atoms with E-state index < -0.39 is 0 Å². The first-order valence-corrected chi connectivity index (χ1v) is 4.18. The lowest BCUT2D eigenvalue weighted by atomic mass is 10.1. The number of carbonyl (C=O) groups is 1. The van der Waals surface area contributed by atoms with Crippen LogP contribution in [-0.2, 0) is 6.42 Å². The Morgan fingerprint density at radius 1 is 1.58 bits per heavy atom. The van der Waals surface area contributed by atoms with Gasteiger partial charge in [0.2, 0.25) is 0 Å². The van der Waals surface area contributed by atoms with Gasteiger partial charge in [-0.15, -0.1) is 0 Å². The molecule has 0 N–H and O–H groups in total. The normalized spacial score (nSPS) is 10.7. The van der Waals surface area contributed by atoms with E-state index >= 15 is 0 Å². The summed E-state index contributed by atoms with van der Waals surface area (Å²) in [6.07, 6.45) is 1.65. The molecule has 2 nitrogen and oxygen atoms in total. The lowest BCUT2D eigenvalue weighted by molar-refractivity contribution is 0.109. The van der Waals surface area contributed by atoms with Crippen molar-refractivity contribution in [2.24, 2.45) is 5.92 Å². The SMILES string of the molecule is Cc1cc(C=O)oc1CC(C)C. The number of aldehydes is 1. The Kier molecular flexibility index (Phi) is 2.69. The fourth-order valence-electron chi connectivity index (χ4n) is 1.18. The predicted octanol–water partition coefficient (Wildman–Crippen LogP) is 2.60. The molecule has 0 aliphatic rings. The van der Waals surface area contributed by atoms with E-state index in [1.165, 1.54) is 0 Å². The molecule has 0 radical (unpaired) electrons. The maximum Gasteiger partial charge on any atom is 0.185 e. The van der Waals surface area contributed by atoms with Crippen LogP contribution in [0.2, 0.25) is 0 Å². The Labute approximate surface area is 72.6 Å². The fraction of sp³-hybridized carbons (Fsp3) is 0.500. The Morgan fingerprint density at radius 2 is 2.25 bits per heavy atom. The number of hydrogen-bond donors (Lipinski definition) is 0. The molecule has 0 unspecified atom stereocenters. The minimum absolute atomic E-state index is 0.433. The Morgan fingerprint density at radius 3 is 2.67 bits per heavy atom. The zero-order chi connectivity index (χ0) is 9.14. The van der Waals surface area contributed by atoms with Crippen LogP contribution in [0.3, 0.4) is 0 Å². The summed E-state index contributed by atoms with van der Waals surface area (Å²) in [5, 5.41) is 0. The minimum Gasteiger partial charge on any atom is -0.458 e. The monoisotopic (exact) mass is 166 g/mol. The van der Waals surface area contributed by atoms with Crippen molar-refractivity contribution >= 4 is 6.29 Å². The van der Waals surface area contributed by atoms with Crippen LogP contribution in [0.1, 0.15) is 35.7 Å². The van der Waals surface area contributed by atoms with Crippen LogP contribution in [0, 0.1) is 12.8 Å². The molecule has 0 aliphatic heterocycles. The molecule has 0 saturated heterocycles. The first-order chi connectivity index (χ1) is 5.63. The highest BCUT2D eigenvalue weighted by molar-refractivity contribution is 5.71. The Bertz CT molecular complexity index is 271. The fourth-order valence-corrected chi connectivity index (χ4v) is 1.18. The topological polar surface area (TPSA) is 30.2 Å². The molecular weight excluding hydrogens is 152 g/mol. The standard InChI is InChI=1S/C10H14O2/c1-7(2)4-10-8(3)5-9(6-11)12-10/h5-7H,4H2,1-3H3. The molecule has 0 aliphatic carbocycles. The van der Waals surface area contributed by atoms with Gasteiger partial charge in [-0.25, -0.2) is 0 Å². The second-order valence-corrected chi connectivity index (χ2v) is 3.47. The summed E-state index contributed by atoms with van der Waals surface area (Å²) >= 11 is 0. The minimum atomic E-state index is 0.433. The van der Waals surface area contributed by atoms with Crippen LogP contribution in [0.15, 0.2) is 10.5 Å². The average molecular weight is 166 g/mol. The van der Waals surface area contributed by atoms with Gasteiger partial charge in [0.1, 0.15) is 5.76 Å². The molecular formula is C10H14O2. The molecule has 0 saturated carbocycles. The molecule has 1 rings (SSSR count). The van der Waals surface area contributed by atoms with Gasteiger partial charge in [0.05, 0.1) is 0 Å². The average Bonchev–Trinajstić information content (AvgIpc) is 2.31. The van der Waals surface area contributed by atoms with E-state index in [1.807, 2.05) is 6.92 Å². The number of aryl methyl sites for hydroxylation is 1. The van der Waals surface area contributed by atoms with E-state index in [4.69, 9.17) is 4.42 Å². The van der Waals surface area contributed by atoms with Crippen molar-refractivity contribution in [2.45, 2.75) is 27.2 Å². The van der Waals surface area contributed by atoms with Crippen molar-refractivity contribution in [1.29, 1.82) is 0 Å². The first-order valence-electron chi connectivity index (χ1n) is 4.18. The Balaban J connectivity index is 2.84. The maximum absolute atomic E-state index is 10.4. The van der Waals surface area contributed by atoms with Crippen LogP contribution in [-0.4, -0.2) is 6.29 Å². The lowest BCUT2D eigenvalue weighted by Gasteiger charge is -2.00. The van der Waals surface area contributed by atoms with E-state index in [0.717, 1.165) is 24.0 Å². The van der Waals surface area contributed by atoms with Gasteiger partial charge in [-0.1, -0.05) is 13.8 Å². The maximum atomic E-state index is 10.4. The summed E-state index contributed by atoms with van der Waals surface area (Å²) in [7, 11) is 0. The summed E-state index contributed by atoms with van der Waals surface area (Å²) in [6, 6.07) is 1.78. The third kappa shape index (κ3) is 1.97. The zero-order valence-corrected chi connectivity index (χ0v) is 7.76. The van der Waals surface area contributed by atoms with E-state index in [2.05, 4.69) is 13.8 Å². The van der Waals surface area contributed by atoms with E-state index in [9.17, 15) is 4.79 Å². The summed E-state index contributed by atoms with van der Waals surface area (Å²) in [5.74, 6) is 1.93. The molecule has 2 heteroatoms. The van der Waals surface area contributed by atoms with Crippen molar-refractivity contribution < 1.29 is 9.21 Å². The molecule has 0 fully saturated rings. The van der Waals surface area contributed by atoms with Crippen LogP contribution < -0.4 is 0 Å². The summed E-state index contributed by atoms with van der Waals surface area (Å²) in [5.41, 5.74) is 1.07. The lowest BCUT2D eigenvalue weighted by Crippen LogP contribution is -1.93. The second kappa shape index (κ2) is 3.57. The van der Waals surface area contributed by atoms with Crippen molar-refractivity contribution in [3.63, 3.8) is 0 Å². The second-order valence-electron chi connectivity index (χ2n) is 3.47. The molecule has 12 heavy (non-hydrogen) atoms. The van der Waals surface area contributed by atoms with E-state index in [0.29, 0.717) is 11.7 Å². The summed E-state index contributed by atoms with van der Waals surface area (Å²) in [6.45, 7) is 6.22. The van der Waals surface area contributed by atoms with Gasteiger partial charge in [-0.3, -0.25) is 4.79 Å². The van der Waals surface area contributed by atoms with Crippen molar-refractivity contribution in [3.8, 4) is 0 Å². The molecule has 66 valence electrons. The number of furan rings is 1. The van der Waals surface area contributed by atoms with Crippen LogP contribution in [0.4, 0.5) is 0 Å². The van der Waals surface area contributed by atoms with E-state index in [-0.39, 0.29) is 0 Å². The van der Waals surface area contributed by atoms with Gasteiger partial charge >= 0.3 is 0 Å². The third-order valence-electron chi connectivity index (χ3n) is 1.75. The molecule has 1 aromatic rings. The van der Waals surface area contributed by atoms with Crippen molar-refractivity contribution in [3.05, 3.63) is 23.2 Å². The first kappa shape index (κ1) is 9.04. The predicted molar refractivity (Wildman–Crippen MR) is 47.4 cm³/mol. The quantitative estimate of drug-likeness (QED) is 0.646. The highest BCUT2D eigenvalue weighted by atomic mass is 16.3. The van der Waals surface area contributed by atoms with Crippen molar-refractivity contribution in [2.75, 3.05) is 0 Å². The molecule has 1 heterocycles. The van der Waals surface area contributed by atoms with Gasteiger partial charge in [-0.2, -0.15) is 0 Å².